The number of para-hydroxylation sites is 4. The fourth-order valence-electron chi connectivity index (χ4n) is 9.28. The SMILES string of the molecule is CC(C)(C)c1cc2ncc1-c1cccc(c1)Oc1ccc(cc1)-c1cccc(-c3ccccc3)c1N1[CH-]N(c3[c-]c(ccc3)Oc3[c-]c4c(cc3)c3ccccc3n4-2)c2ccccc21.[Pt]. The molecule has 5 aliphatic heterocycles. The first-order chi connectivity index (χ1) is 31.3. The van der Waals surface area contributed by atoms with Crippen LogP contribution in [0.3, 0.4) is 0 Å². The summed E-state index contributed by atoms with van der Waals surface area (Å²) in [7, 11) is 0. The Hall–Kier alpha value is -7.40. The molecule has 12 bridgehead atoms. The van der Waals surface area contributed by atoms with E-state index in [1.807, 2.05) is 30.5 Å². The molecule has 0 atom stereocenters. The van der Waals surface area contributed by atoms with Gasteiger partial charge in [-0.2, -0.15) is 12.1 Å². The van der Waals surface area contributed by atoms with Gasteiger partial charge >= 0.3 is 0 Å². The Balaban J connectivity index is 0.00000469. The molecule has 2 aromatic heterocycles. The summed E-state index contributed by atoms with van der Waals surface area (Å²) in [5, 5.41) is 2.19. The van der Waals surface area contributed by atoms with Crippen molar-refractivity contribution in [1.82, 2.24) is 9.55 Å². The summed E-state index contributed by atoms with van der Waals surface area (Å²) in [4.78, 5) is 9.67. The quantitative estimate of drug-likeness (QED) is 0.153. The van der Waals surface area contributed by atoms with Gasteiger partial charge in [0.2, 0.25) is 0 Å². The summed E-state index contributed by atoms with van der Waals surface area (Å²) in [6, 6.07) is 70.5. The topological polar surface area (TPSA) is 42.8 Å². The monoisotopic (exact) mass is 1020 g/mol. The molecule has 0 aliphatic carbocycles. The van der Waals surface area contributed by atoms with Crippen molar-refractivity contribution in [2.24, 2.45) is 0 Å². The Bertz CT molecular complexity index is 3430. The number of nitrogens with zero attached hydrogens (tertiary/aromatic N) is 4. The maximum Gasteiger partial charge on any atom is 0.135 e. The second kappa shape index (κ2) is 16.0. The fourth-order valence-corrected chi connectivity index (χ4v) is 9.28. The molecule has 0 N–H and O–H groups in total. The van der Waals surface area contributed by atoms with Crippen LogP contribution in [0.2, 0.25) is 0 Å². The van der Waals surface area contributed by atoms with E-state index in [4.69, 9.17) is 14.5 Å². The van der Waals surface area contributed by atoms with Crippen molar-refractivity contribution in [3.8, 4) is 62.2 Å². The normalized spacial score (nSPS) is 12.8. The van der Waals surface area contributed by atoms with Crippen LogP contribution >= 0.6 is 0 Å². The van der Waals surface area contributed by atoms with Crippen LogP contribution in [-0.4, -0.2) is 9.55 Å². The van der Waals surface area contributed by atoms with E-state index in [1.165, 1.54) is 5.56 Å². The third kappa shape index (κ3) is 7.06. The largest absolute Gasteiger partial charge is 0.509 e. The molecule has 10 aromatic rings. The smallest absolute Gasteiger partial charge is 0.135 e. The second-order valence-corrected chi connectivity index (χ2v) is 17.3. The molecule has 0 spiro atoms. The zero-order valence-corrected chi connectivity index (χ0v) is 38.2. The second-order valence-electron chi connectivity index (χ2n) is 17.3. The predicted molar refractivity (Wildman–Crippen MR) is 259 cm³/mol. The Kier molecular flexibility index (Phi) is 9.93. The van der Waals surface area contributed by atoms with Gasteiger partial charge in [-0.25, -0.2) is 4.98 Å². The molecule has 0 unspecified atom stereocenters. The van der Waals surface area contributed by atoms with Crippen molar-refractivity contribution in [2.45, 2.75) is 26.2 Å². The number of hydrogen-bond donors (Lipinski definition) is 0. The molecule has 6 nitrogen and oxygen atoms in total. The predicted octanol–water partition coefficient (Wildman–Crippen LogP) is 15.4. The number of pyridine rings is 1. The van der Waals surface area contributed by atoms with Gasteiger partial charge in [-0.3, -0.25) is 0 Å². The summed E-state index contributed by atoms with van der Waals surface area (Å²) in [6.45, 7) is 8.91. The molecule has 15 rings (SSSR count). The van der Waals surface area contributed by atoms with Crippen molar-refractivity contribution >= 4 is 44.6 Å². The summed E-state index contributed by atoms with van der Waals surface area (Å²) in [6.07, 6.45) is 2.00. The number of aromatic nitrogens is 2. The van der Waals surface area contributed by atoms with E-state index in [9.17, 15) is 0 Å². The van der Waals surface area contributed by atoms with Gasteiger partial charge in [0.15, 0.2) is 0 Å². The minimum atomic E-state index is -0.207. The number of fused-ring (bicyclic) bond motifs is 3. The maximum absolute atomic E-state index is 6.69. The zero-order chi connectivity index (χ0) is 42.9. The van der Waals surface area contributed by atoms with Crippen LogP contribution in [0.25, 0.3) is 61.0 Å². The molecule has 5 aliphatic rings. The van der Waals surface area contributed by atoms with Crippen LogP contribution < -0.4 is 19.3 Å². The van der Waals surface area contributed by atoms with Crippen LogP contribution in [0.4, 0.5) is 22.7 Å². The van der Waals surface area contributed by atoms with E-state index in [0.29, 0.717) is 11.5 Å². The summed E-state index contributed by atoms with van der Waals surface area (Å²) >= 11 is 0. The number of rotatable bonds is 1. The van der Waals surface area contributed by atoms with Gasteiger partial charge in [-0.1, -0.05) is 129 Å². The first-order valence-electron chi connectivity index (χ1n) is 21.6. The molecule has 7 heterocycles. The first kappa shape index (κ1) is 40.4. The van der Waals surface area contributed by atoms with E-state index < -0.39 is 0 Å². The molecule has 0 saturated carbocycles. The van der Waals surface area contributed by atoms with Crippen molar-refractivity contribution in [3.05, 3.63) is 213 Å². The zero-order valence-electron chi connectivity index (χ0n) is 35.9. The van der Waals surface area contributed by atoms with Crippen molar-refractivity contribution in [2.75, 3.05) is 9.80 Å². The van der Waals surface area contributed by atoms with Crippen LogP contribution in [0.5, 0.6) is 23.0 Å². The maximum atomic E-state index is 6.69. The summed E-state index contributed by atoms with van der Waals surface area (Å²) < 4.78 is 15.5. The van der Waals surface area contributed by atoms with Crippen molar-refractivity contribution < 1.29 is 30.5 Å². The van der Waals surface area contributed by atoms with Gasteiger partial charge in [-0.15, -0.1) is 48.1 Å². The van der Waals surface area contributed by atoms with Gasteiger partial charge in [-0.05, 0) is 81.6 Å². The Labute approximate surface area is 393 Å². The molecular formula is C58H41N4O2Pt-3. The van der Waals surface area contributed by atoms with Crippen LogP contribution in [0.15, 0.2) is 188 Å². The van der Waals surface area contributed by atoms with E-state index in [-0.39, 0.29) is 26.5 Å². The first-order valence-corrected chi connectivity index (χ1v) is 21.6. The molecule has 318 valence electrons. The van der Waals surface area contributed by atoms with Crippen LogP contribution in [-0.2, 0) is 26.5 Å². The third-order valence-electron chi connectivity index (χ3n) is 12.3. The summed E-state index contributed by atoms with van der Waals surface area (Å²) in [5.41, 5.74) is 13.4. The van der Waals surface area contributed by atoms with Crippen LogP contribution in [0, 0.1) is 18.8 Å². The van der Waals surface area contributed by atoms with Gasteiger partial charge in [0.25, 0.3) is 0 Å². The van der Waals surface area contributed by atoms with E-state index in [1.54, 1.807) is 0 Å². The molecule has 0 amide bonds. The van der Waals surface area contributed by atoms with Gasteiger partial charge in [0.1, 0.15) is 17.3 Å². The average Bonchev–Trinajstić information content (AvgIpc) is 3.87. The molecule has 65 heavy (non-hydrogen) atoms. The Morgan fingerprint density at radius 2 is 1.20 bits per heavy atom. The van der Waals surface area contributed by atoms with Crippen molar-refractivity contribution in [1.29, 1.82) is 0 Å². The molecular weight excluding hydrogens is 980 g/mol. The number of ether oxygens (including phenoxy) is 2. The molecule has 0 radical (unpaired) electrons. The number of hydrogen-bond acceptors (Lipinski definition) is 5. The number of anilines is 4. The Morgan fingerprint density at radius 1 is 0.523 bits per heavy atom. The summed E-state index contributed by atoms with van der Waals surface area (Å²) in [5.74, 6) is 3.47. The molecule has 0 fully saturated rings. The minimum Gasteiger partial charge on any atom is -0.509 e. The third-order valence-corrected chi connectivity index (χ3v) is 12.3. The van der Waals surface area contributed by atoms with Gasteiger partial charge in [0, 0.05) is 78.0 Å². The molecule has 8 aromatic carbocycles. The van der Waals surface area contributed by atoms with E-state index >= 15 is 0 Å². The van der Waals surface area contributed by atoms with E-state index in [2.05, 4.69) is 212 Å². The van der Waals surface area contributed by atoms with E-state index in [0.717, 1.165) is 95.3 Å². The fraction of sp³-hybridized carbons (Fsp3) is 0.0690. The molecule has 7 heteroatoms. The standard InChI is InChI=1S/C58H41N4O2.Pt/c1-58(2,3)51-35-56-59-36-50(51)40-16-11-18-43(32-40)63-42-28-26-39(27-29-42)47-22-13-21-46(38-14-5-4-6-15-38)57(47)61-37-60(53-24-9-10-25-54(53)61)41-17-12-19-44(33-41)64-45-30-31-49-48-20-7-8-23-52(48)62(56)55(49)34-45;/h4-32,35-37H,1-3H3;/q-3;. The van der Waals surface area contributed by atoms with Crippen molar-refractivity contribution in [3.63, 3.8) is 0 Å². The average molecular weight is 1020 g/mol. The van der Waals surface area contributed by atoms with Gasteiger partial charge < -0.3 is 23.8 Å². The van der Waals surface area contributed by atoms with Gasteiger partial charge in [0.05, 0.1) is 0 Å². The number of benzene rings is 8. The Morgan fingerprint density at radius 3 is 2.00 bits per heavy atom. The molecule has 0 saturated heterocycles. The van der Waals surface area contributed by atoms with Crippen LogP contribution in [0.1, 0.15) is 26.3 Å². The minimum absolute atomic E-state index is 0.